The van der Waals surface area contributed by atoms with Gasteiger partial charge in [-0.15, -0.1) is 0 Å². The van der Waals surface area contributed by atoms with Crippen molar-refractivity contribution in [1.82, 2.24) is 19.5 Å². The summed E-state index contributed by atoms with van der Waals surface area (Å²) in [5.74, 6) is 0.541. The van der Waals surface area contributed by atoms with Crippen LogP contribution in [-0.2, 0) is 19.4 Å². The van der Waals surface area contributed by atoms with E-state index < -0.39 is 6.10 Å². The lowest BCUT2D eigenvalue weighted by atomic mass is 10.1. The zero-order valence-electron chi connectivity index (χ0n) is 15.7. The summed E-state index contributed by atoms with van der Waals surface area (Å²) in [6.07, 6.45) is 2.71. The number of benzene rings is 2. The molecule has 1 aliphatic carbocycles. The number of nitrogens with zero attached hydrogens (tertiary/aromatic N) is 4. The van der Waals surface area contributed by atoms with Crippen LogP contribution in [0.15, 0.2) is 60.9 Å². The van der Waals surface area contributed by atoms with Gasteiger partial charge in [0.15, 0.2) is 17.0 Å². The molecule has 7 heteroatoms. The normalized spacial score (nSPS) is 18.1. The first kappa shape index (κ1) is 18.1. The highest BCUT2D eigenvalue weighted by molar-refractivity contribution is 6.28. The molecule has 1 aliphatic rings. The molecule has 0 saturated carbocycles. The van der Waals surface area contributed by atoms with Crippen LogP contribution >= 0.6 is 11.6 Å². The molecule has 4 aromatic rings. The number of hydrogen-bond donors (Lipinski definition) is 2. The van der Waals surface area contributed by atoms with Gasteiger partial charge in [0.2, 0.25) is 5.28 Å². The second kappa shape index (κ2) is 7.46. The summed E-state index contributed by atoms with van der Waals surface area (Å²) in [4.78, 5) is 13.3. The summed E-state index contributed by atoms with van der Waals surface area (Å²) >= 11 is 6.23. The second-order valence-corrected chi connectivity index (χ2v) is 7.62. The second-order valence-electron chi connectivity index (χ2n) is 7.28. The van der Waals surface area contributed by atoms with Crippen LogP contribution in [0.1, 0.15) is 22.7 Å². The summed E-state index contributed by atoms with van der Waals surface area (Å²) in [6, 6.07) is 18.1. The third kappa shape index (κ3) is 3.45. The molecule has 2 aromatic carbocycles. The molecule has 5 rings (SSSR count). The van der Waals surface area contributed by atoms with E-state index in [1.54, 1.807) is 6.33 Å². The molecule has 0 aliphatic heterocycles. The number of aryl methyl sites for hydroxylation is 2. The highest BCUT2D eigenvalue weighted by Gasteiger charge is 2.31. The van der Waals surface area contributed by atoms with Crippen molar-refractivity contribution in [2.75, 3.05) is 5.32 Å². The molecule has 2 atom stereocenters. The van der Waals surface area contributed by atoms with Gasteiger partial charge in [-0.1, -0.05) is 54.6 Å². The van der Waals surface area contributed by atoms with Gasteiger partial charge in [-0.2, -0.15) is 9.97 Å². The molecule has 0 radical (unpaired) electrons. The van der Waals surface area contributed by atoms with Crippen molar-refractivity contribution in [2.45, 2.75) is 31.5 Å². The average molecular weight is 406 g/mol. The Morgan fingerprint density at radius 1 is 1.07 bits per heavy atom. The third-order valence-electron chi connectivity index (χ3n) is 5.42. The van der Waals surface area contributed by atoms with Gasteiger partial charge in [-0.25, -0.2) is 4.98 Å². The topological polar surface area (TPSA) is 75.9 Å². The molecule has 2 heterocycles. The van der Waals surface area contributed by atoms with Crippen molar-refractivity contribution in [3.05, 3.63) is 82.9 Å². The van der Waals surface area contributed by atoms with Crippen LogP contribution in [0.25, 0.3) is 11.2 Å². The zero-order valence-corrected chi connectivity index (χ0v) is 16.4. The number of aliphatic hydroxyl groups excluding tert-OH is 1. The van der Waals surface area contributed by atoms with Gasteiger partial charge in [0, 0.05) is 13.0 Å². The molecule has 2 unspecified atom stereocenters. The van der Waals surface area contributed by atoms with Crippen LogP contribution in [0, 0.1) is 0 Å². The number of halogens is 1. The predicted octanol–water partition coefficient (Wildman–Crippen LogP) is 3.79. The Hall–Kier alpha value is -2.96. The smallest absolute Gasteiger partial charge is 0.226 e. The van der Waals surface area contributed by atoms with Gasteiger partial charge < -0.3 is 15.0 Å². The Morgan fingerprint density at radius 3 is 2.72 bits per heavy atom. The van der Waals surface area contributed by atoms with Crippen LogP contribution in [0.2, 0.25) is 5.28 Å². The molecule has 29 heavy (non-hydrogen) atoms. The zero-order chi connectivity index (χ0) is 19.8. The van der Waals surface area contributed by atoms with E-state index in [2.05, 4.69) is 32.4 Å². The number of aromatic nitrogens is 4. The lowest BCUT2D eigenvalue weighted by Crippen LogP contribution is -2.22. The van der Waals surface area contributed by atoms with Gasteiger partial charge in [0.25, 0.3) is 0 Å². The SMILES string of the molecule is OC1Cc2ccccc2C1Nc1nc(Cl)nc2c1ncn2CCc1ccccc1. The molecular formula is C22H20ClN5O. The maximum absolute atomic E-state index is 10.6. The lowest BCUT2D eigenvalue weighted by Gasteiger charge is -2.18. The first-order valence-corrected chi connectivity index (χ1v) is 10.0. The molecule has 0 bridgehead atoms. The maximum Gasteiger partial charge on any atom is 0.226 e. The maximum atomic E-state index is 10.6. The molecular weight excluding hydrogens is 386 g/mol. The molecule has 0 amide bonds. The van der Waals surface area contributed by atoms with E-state index in [0.29, 0.717) is 23.4 Å². The molecule has 6 nitrogen and oxygen atoms in total. The highest BCUT2D eigenvalue weighted by atomic mass is 35.5. The average Bonchev–Trinajstić information content (AvgIpc) is 3.28. The lowest BCUT2D eigenvalue weighted by molar-refractivity contribution is 0.165. The van der Waals surface area contributed by atoms with E-state index in [-0.39, 0.29) is 11.3 Å². The summed E-state index contributed by atoms with van der Waals surface area (Å²) < 4.78 is 1.99. The van der Waals surface area contributed by atoms with E-state index in [1.165, 1.54) is 5.56 Å². The Bertz CT molecular complexity index is 1160. The van der Waals surface area contributed by atoms with Crippen LogP contribution in [0.3, 0.4) is 0 Å². The fourth-order valence-corrected chi connectivity index (χ4v) is 4.14. The van der Waals surface area contributed by atoms with E-state index in [4.69, 9.17) is 11.6 Å². The van der Waals surface area contributed by atoms with Gasteiger partial charge in [0.1, 0.15) is 0 Å². The fraction of sp³-hybridized carbons (Fsp3) is 0.227. The summed E-state index contributed by atoms with van der Waals surface area (Å²) in [5.41, 5.74) is 4.80. The number of hydrogen-bond acceptors (Lipinski definition) is 5. The van der Waals surface area contributed by atoms with Gasteiger partial charge in [0.05, 0.1) is 18.5 Å². The van der Waals surface area contributed by atoms with Gasteiger partial charge in [-0.3, -0.25) is 0 Å². The molecule has 0 saturated heterocycles. The Morgan fingerprint density at radius 2 is 1.86 bits per heavy atom. The third-order valence-corrected chi connectivity index (χ3v) is 5.59. The minimum absolute atomic E-state index is 0.155. The first-order chi connectivity index (χ1) is 14.2. The largest absolute Gasteiger partial charge is 0.390 e. The van der Waals surface area contributed by atoms with E-state index >= 15 is 0 Å². The number of aliphatic hydroxyl groups is 1. The van der Waals surface area contributed by atoms with Crippen LogP contribution in [0.4, 0.5) is 5.82 Å². The Labute approximate surface area is 173 Å². The van der Waals surface area contributed by atoms with Crippen molar-refractivity contribution < 1.29 is 5.11 Å². The number of rotatable bonds is 5. The first-order valence-electron chi connectivity index (χ1n) is 9.64. The van der Waals surface area contributed by atoms with Crippen LogP contribution in [0.5, 0.6) is 0 Å². The molecule has 0 spiro atoms. The number of anilines is 1. The predicted molar refractivity (Wildman–Crippen MR) is 113 cm³/mol. The molecule has 146 valence electrons. The number of fused-ring (bicyclic) bond motifs is 2. The Balaban J connectivity index is 1.45. The molecule has 2 aromatic heterocycles. The molecule has 2 N–H and O–H groups in total. The highest BCUT2D eigenvalue weighted by Crippen LogP contribution is 2.35. The number of imidazole rings is 1. The van der Waals surface area contributed by atoms with Crippen molar-refractivity contribution in [2.24, 2.45) is 0 Å². The van der Waals surface area contributed by atoms with E-state index in [0.717, 1.165) is 24.1 Å². The quantitative estimate of drug-likeness (QED) is 0.494. The summed E-state index contributed by atoms with van der Waals surface area (Å²) in [5, 5.41) is 14.1. The van der Waals surface area contributed by atoms with Crippen LogP contribution in [-0.4, -0.2) is 30.7 Å². The van der Waals surface area contributed by atoms with Gasteiger partial charge >= 0.3 is 0 Å². The minimum Gasteiger partial charge on any atom is -0.390 e. The van der Waals surface area contributed by atoms with E-state index in [9.17, 15) is 5.11 Å². The van der Waals surface area contributed by atoms with Crippen molar-refractivity contribution in [3.8, 4) is 0 Å². The fourth-order valence-electron chi connectivity index (χ4n) is 3.97. The summed E-state index contributed by atoms with van der Waals surface area (Å²) in [6.45, 7) is 0.738. The Kier molecular flexibility index (Phi) is 4.66. The van der Waals surface area contributed by atoms with Crippen molar-refractivity contribution in [1.29, 1.82) is 0 Å². The van der Waals surface area contributed by atoms with Crippen molar-refractivity contribution in [3.63, 3.8) is 0 Å². The number of nitrogens with one attached hydrogen (secondary N) is 1. The summed E-state index contributed by atoms with van der Waals surface area (Å²) in [7, 11) is 0. The van der Waals surface area contributed by atoms with E-state index in [1.807, 2.05) is 47.0 Å². The minimum atomic E-state index is -0.531. The van der Waals surface area contributed by atoms with Crippen LogP contribution < -0.4 is 5.32 Å². The standard InChI is InChI=1S/C22H20ClN5O/c23-22-26-20(25-18-16-9-5-4-8-15(16)12-17(18)29)19-21(27-22)28(13-24-19)11-10-14-6-2-1-3-7-14/h1-9,13,17-18,29H,10-12H2,(H,25,26,27). The van der Waals surface area contributed by atoms with Crippen molar-refractivity contribution >= 4 is 28.6 Å². The van der Waals surface area contributed by atoms with Gasteiger partial charge in [-0.05, 0) is 34.7 Å². The monoisotopic (exact) mass is 405 g/mol. The molecule has 0 fully saturated rings.